The van der Waals surface area contributed by atoms with Crippen LogP contribution in [0.3, 0.4) is 0 Å². The maximum atomic E-state index is 15.2. The van der Waals surface area contributed by atoms with Gasteiger partial charge in [-0.25, -0.2) is 4.39 Å². The molecule has 3 aromatic carbocycles. The second-order valence-corrected chi connectivity index (χ2v) is 8.90. The smallest absolute Gasteiger partial charge is 0.251 e. The summed E-state index contributed by atoms with van der Waals surface area (Å²) in [5.74, 6) is -1.84. The first-order chi connectivity index (χ1) is 17.1. The van der Waals surface area contributed by atoms with Crippen molar-refractivity contribution in [1.29, 1.82) is 5.26 Å². The average molecular weight is 530 g/mol. The highest BCUT2D eigenvalue weighted by Gasteiger charge is 2.18. The van der Waals surface area contributed by atoms with Crippen LogP contribution < -0.4 is 15.4 Å². The summed E-state index contributed by atoms with van der Waals surface area (Å²) in [4.78, 5) is 24.8. The number of aliphatic hydroxyl groups is 1. The summed E-state index contributed by atoms with van der Waals surface area (Å²) in [7, 11) is 0. The third kappa shape index (κ3) is 6.95. The Labute approximate surface area is 217 Å². The zero-order chi connectivity index (χ0) is 26.4. The molecule has 0 fully saturated rings. The minimum atomic E-state index is -0.821. The summed E-state index contributed by atoms with van der Waals surface area (Å²) in [6.45, 7) is 3.40. The number of carbonyl (C=O) groups excluding carboxylic acids is 2. The first-order valence-corrected chi connectivity index (χ1v) is 11.5. The van der Waals surface area contributed by atoms with Crippen molar-refractivity contribution in [1.82, 2.24) is 5.32 Å². The minimum Gasteiger partial charge on any atom is -0.453 e. The molecule has 0 saturated carbocycles. The molecule has 0 heterocycles. The third-order valence-corrected chi connectivity index (χ3v) is 5.54. The number of nitrogens with zero attached hydrogens (tertiary/aromatic N) is 1. The van der Waals surface area contributed by atoms with Gasteiger partial charge in [0.1, 0.15) is 5.75 Å². The van der Waals surface area contributed by atoms with E-state index in [-0.39, 0.29) is 51.5 Å². The van der Waals surface area contributed by atoms with Crippen molar-refractivity contribution >= 4 is 40.7 Å². The number of nitrogens with one attached hydrogen (secondary N) is 2. The minimum absolute atomic E-state index is 0.0181. The highest BCUT2D eigenvalue weighted by atomic mass is 35.5. The number of rotatable bonds is 8. The fraction of sp³-hybridized carbons (Fsp3) is 0.192. The summed E-state index contributed by atoms with van der Waals surface area (Å²) >= 11 is 12.1. The van der Waals surface area contributed by atoms with E-state index in [2.05, 4.69) is 10.6 Å². The van der Waals surface area contributed by atoms with E-state index >= 15 is 4.39 Å². The van der Waals surface area contributed by atoms with Crippen LogP contribution >= 0.6 is 23.2 Å². The quantitative estimate of drug-likeness (QED) is 0.361. The molecular weight excluding hydrogens is 508 g/mol. The van der Waals surface area contributed by atoms with E-state index in [1.54, 1.807) is 26.0 Å². The lowest BCUT2D eigenvalue weighted by atomic mass is 10.1. The molecule has 186 valence electrons. The molecule has 7 nitrogen and oxygen atoms in total. The number of hydrogen-bond acceptors (Lipinski definition) is 5. The molecule has 0 aromatic heterocycles. The summed E-state index contributed by atoms with van der Waals surface area (Å²) < 4.78 is 20.8. The van der Waals surface area contributed by atoms with Gasteiger partial charge in [-0.15, -0.1) is 0 Å². The van der Waals surface area contributed by atoms with Crippen LogP contribution in [0, 0.1) is 24.1 Å². The predicted octanol–water partition coefficient (Wildman–Crippen LogP) is 5.40. The van der Waals surface area contributed by atoms with E-state index in [0.717, 1.165) is 0 Å². The van der Waals surface area contributed by atoms with Crippen LogP contribution in [0.1, 0.15) is 34.0 Å². The van der Waals surface area contributed by atoms with Crippen molar-refractivity contribution in [3.8, 4) is 17.6 Å². The molecule has 0 bridgehead atoms. The average Bonchev–Trinajstić information content (AvgIpc) is 2.82. The molecule has 0 radical (unpaired) electrons. The Kier molecular flexibility index (Phi) is 8.88. The van der Waals surface area contributed by atoms with Crippen molar-refractivity contribution in [3.05, 3.63) is 86.6 Å². The molecule has 1 unspecified atom stereocenters. The zero-order valence-electron chi connectivity index (χ0n) is 19.4. The Bertz CT molecular complexity index is 1360. The second-order valence-electron chi connectivity index (χ2n) is 8.05. The molecule has 1 atom stereocenters. The summed E-state index contributed by atoms with van der Waals surface area (Å²) in [5, 5.41) is 23.9. The largest absolute Gasteiger partial charge is 0.453 e. The van der Waals surface area contributed by atoms with Crippen molar-refractivity contribution < 1.29 is 23.8 Å². The molecule has 3 rings (SSSR count). The van der Waals surface area contributed by atoms with E-state index in [4.69, 9.17) is 33.2 Å². The van der Waals surface area contributed by atoms with Gasteiger partial charge in [0.25, 0.3) is 5.91 Å². The van der Waals surface area contributed by atoms with Gasteiger partial charge < -0.3 is 20.5 Å². The number of aliphatic hydroxyl groups excluding tert-OH is 1. The van der Waals surface area contributed by atoms with Gasteiger partial charge in [-0.2, -0.15) is 5.26 Å². The van der Waals surface area contributed by atoms with E-state index in [1.807, 2.05) is 6.07 Å². The Morgan fingerprint density at radius 2 is 1.92 bits per heavy atom. The number of amides is 2. The number of nitriles is 1. The topological polar surface area (TPSA) is 111 Å². The predicted molar refractivity (Wildman–Crippen MR) is 135 cm³/mol. The van der Waals surface area contributed by atoms with E-state index < -0.39 is 17.8 Å². The lowest BCUT2D eigenvalue weighted by Gasteiger charge is -2.14. The SMILES string of the molecule is Cc1cc(C(=O)NCC(C)O)ccc1NC(=O)Cc1ccc(Cl)c(Oc2cc(Cl)cc(C#N)c2)c1F. The highest BCUT2D eigenvalue weighted by Crippen LogP contribution is 2.35. The Hall–Kier alpha value is -3.64. The van der Waals surface area contributed by atoms with E-state index in [9.17, 15) is 14.7 Å². The number of halogens is 3. The highest BCUT2D eigenvalue weighted by molar-refractivity contribution is 6.32. The van der Waals surface area contributed by atoms with Crippen molar-refractivity contribution in [3.63, 3.8) is 0 Å². The number of ether oxygens (including phenoxy) is 1. The maximum Gasteiger partial charge on any atom is 0.251 e. The number of anilines is 1. The van der Waals surface area contributed by atoms with Gasteiger partial charge in [-0.3, -0.25) is 9.59 Å². The van der Waals surface area contributed by atoms with Crippen molar-refractivity contribution in [2.24, 2.45) is 0 Å². The summed E-state index contributed by atoms with van der Waals surface area (Å²) in [6.07, 6.45) is -0.984. The molecule has 0 saturated heterocycles. The molecule has 0 aliphatic rings. The van der Waals surface area contributed by atoms with Crippen molar-refractivity contribution in [2.45, 2.75) is 26.4 Å². The van der Waals surface area contributed by atoms with Gasteiger partial charge >= 0.3 is 0 Å². The van der Waals surface area contributed by atoms with Crippen LogP contribution in [0.4, 0.5) is 10.1 Å². The van der Waals surface area contributed by atoms with E-state index in [1.165, 1.54) is 36.4 Å². The Morgan fingerprint density at radius 3 is 2.58 bits per heavy atom. The van der Waals surface area contributed by atoms with E-state index in [0.29, 0.717) is 16.8 Å². The normalized spacial score (nSPS) is 11.4. The fourth-order valence-electron chi connectivity index (χ4n) is 3.26. The monoisotopic (exact) mass is 529 g/mol. The number of carbonyl (C=O) groups is 2. The number of benzene rings is 3. The molecule has 0 spiro atoms. The number of hydrogen-bond donors (Lipinski definition) is 3. The standard InChI is InChI=1S/C26H22Cl2FN3O4/c1-14-7-18(26(35)31-13-15(2)33)4-6-22(14)32-23(34)10-17-3-5-21(28)25(24(17)29)36-20-9-16(12-30)8-19(27)11-20/h3-9,11,15,33H,10,13H2,1-2H3,(H,31,35)(H,32,34). The molecule has 3 N–H and O–H groups in total. The molecule has 36 heavy (non-hydrogen) atoms. The Morgan fingerprint density at radius 1 is 1.17 bits per heavy atom. The van der Waals surface area contributed by atoms with Gasteiger partial charge in [-0.1, -0.05) is 29.3 Å². The van der Waals surface area contributed by atoms with Crippen LogP contribution in [0.2, 0.25) is 10.0 Å². The lowest BCUT2D eigenvalue weighted by molar-refractivity contribution is -0.115. The molecule has 10 heteroatoms. The van der Waals surface area contributed by atoms with Gasteiger partial charge in [0.2, 0.25) is 5.91 Å². The molecule has 0 aliphatic heterocycles. The van der Waals surface area contributed by atoms with Gasteiger partial charge in [0.05, 0.1) is 29.2 Å². The first-order valence-electron chi connectivity index (χ1n) is 10.8. The number of aryl methyl sites for hydroxylation is 1. The summed E-state index contributed by atoms with van der Waals surface area (Å²) in [6, 6.07) is 13.7. The molecule has 3 aromatic rings. The molecule has 0 aliphatic carbocycles. The van der Waals surface area contributed by atoms with Crippen LogP contribution in [0.5, 0.6) is 11.5 Å². The van der Waals surface area contributed by atoms with Crippen LogP contribution in [0.15, 0.2) is 48.5 Å². The second kappa shape index (κ2) is 11.9. The fourth-order valence-corrected chi connectivity index (χ4v) is 3.67. The van der Waals surface area contributed by atoms with Crippen LogP contribution in [0.25, 0.3) is 0 Å². The first kappa shape index (κ1) is 27.0. The lowest BCUT2D eigenvalue weighted by Crippen LogP contribution is -2.30. The van der Waals surface area contributed by atoms with Gasteiger partial charge in [0, 0.05) is 28.4 Å². The van der Waals surface area contributed by atoms with Gasteiger partial charge in [-0.05, 0) is 61.9 Å². The Balaban J connectivity index is 1.74. The molecule has 2 amide bonds. The summed E-state index contributed by atoms with van der Waals surface area (Å²) in [5.41, 5.74) is 1.73. The van der Waals surface area contributed by atoms with Gasteiger partial charge in [0.15, 0.2) is 11.6 Å². The zero-order valence-corrected chi connectivity index (χ0v) is 20.9. The van der Waals surface area contributed by atoms with Crippen molar-refractivity contribution in [2.75, 3.05) is 11.9 Å². The van der Waals surface area contributed by atoms with Crippen LogP contribution in [-0.2, 0) is 11.2 Å². The van der Waals surface area contributed by atoms with Crippen LogP contribution in [-0.4, -0.2) is 29.6 Å². The maximum absolute atomic E-state index is 15.2. The molecular formula is C26H22Cl2FN3O4. The third-order valence-electron chi connectivity index (χ3n) is 5.02.